The van der Waals surface area contributed by atoms with Crippen molar-refractivity contribution in [1.29, 1.82) is 0 Å². The fraction of sp³-hybridized carbons (Fsp3) is 0.250. The maximum Gasteiger partial charge on any atom is 0.402 e. The van der Waals surface area contributed by atoms with Gasteiger partial charge < -0.3 is 44.8 Å². The summed E-state index contributed by atoms with van der Waals surface area (Å²) in [6.45, 7) is 3.02. The molecule has 1 fully saturated rings. The third-order valence-electron chi connectivity index (χ3n) is 7.04. The molecule has 1 aliphatic heterocycles. The van der Waals surface area contributed by atoms with Crippen molar-refractivity contribution in [3.63, 3.8) is 0 Å². The van der Waals surface area contributed by atoms with Crippen LogP contribution in [0.15, 0.2) is 71.2 Å². The van der Waals surface area contributed by atoms with Crippen LogP contribution in [-0.2, 0) is 14.3 Å². The minimum absolute atomic E-state index is 0.0250. The zero-order valence-electron chi connectivity index (χ0n) is 23.2. The van der Waals surface area contributed by atoms with Crippen molar-refractivity contribution in [3.05, 3.63) is 83.4 Å². The van der Waals surface area contributed by atoms with Gasteiger partial charge in [-0.25, -0.2) is 9.21 Å². The van der Waals surface area contributed by atoms with E-state index in [9.17, 15) is 35.4 Å². The Bertz CT molecular complexity index is 1660. The summed E-state index contributed by atoms with van der Waals surface area (Å²) in [6.07, 6.45) is -5.25. The number of aliphatic hydroxyl groups excluding tert-OH is 3. The van der Waals surface area contributed by atoms with Crippen molar-refractivity contribution < 1.29 is 54.1 Å². The first-order chi connectivity index (χ1) is 20.5. The largest absolute Gasteiger partial charge is 0.508 e. The van der Waals surface area contributed by atoms with Gasteiger partial charge in [0.1, 0.15) is 53.7 Å². The topological polar surface area (TPSA) is 177 Å². The van der Waals surface area contributed by atoms with Gasteiger partial charge in [-0.15, -0.1) is 0 Å². The minimum Gasteiger partial charge on any atom is -0.508 e. The van der Waals surface area contributed by atoms with Crippen LogP contribution in [0.25, 0.3) is 28.4 Å². The molecule has 0 radical (unpaired) electrons. The number of hydrogen-bond donors (Lipinski definition) is 6. The molecule has 5 unspecified atom stereocenters. The molecule has 3 aromatic carbocycles. The quantitative estimate of drug-likeness (QED) is 0.105. The van der Waals surface area contributed by atoms with Crippen molar-refractivity contribution in [2.75, 3.05) is 6.61 Å². The first-order valence-corrected chi connectivity index (χ1v) is 13.4. The number of ether oxygens (including phenoxy) is 3. The maximum absolute atomic E-state index is 12.3. The summed E-state index contributed by atoms with van der Waals surface area (Å²) in [7, 11) is 0. The Morgan fingerprint density at radius 2 is 1.65 bits per heavy atom. The van der Waals surface area contributed by atoms with Crippen LogP contribution in [0.2, 0.25) is 0 Å². The van der Waals surface area contributed by atoms with E-state index in [0.29, 0.717) is 27.7 Å². The zero-order chi connectivity index (χ0) is 30.8. The van der Waals surface area contributed by atoms with Gasteiger partial charge >= 0.3 is 17.3 Å². The number of aromatic hydroxyl groups is 3. The molecular weight excluding hydrogens is 560 g/mol. The Balaban J connectivity index is 1.39. The summed E-state index contributed by atoms with van der Waals surface area (Å²) < 4.78 is 23.1. The van der Waals surface area contributed by atoms with E-state index in [2.05, 4.69) is 0 Å². The van der Waals surface area contributed by atoms with Crippen LogP contribution >= 0.6 is 0 Å². The van der Waals surface area contributed by atoms with Gasteiger partial charge in [0, 0.05) is 18.2 Å². The van der Waals surface area contributed by atoms with Gasteiger partial charge in [0.15, 0.2) is 0 Å². The molecule has 5 rings (SSSR count). The average Bonchev–Trinajstić information content (AvgIpc) is 2.98. The molecule has 0 saturated carbocycles. The van der Waals surface area contributed by atoms with Crippen LogP contribution in [0.3, 0.4) is 0 Å². The zero-order valence-corrected chi connectivity index (χ0v) is 23.2. The molecule has 2 heterocycles. The number of aryl methyl sites for hydroxylation is 2. The summed E-state index contributed by atoms with van der Waals surface area (Å²) in [5.74, 6) is -0.487. The molecule has 0 amide bonds. The number of esters is 1. The van der Waals surface area contributed by atoms with Gasteiger partial charge in [0.2, 0.25) is 12.0 Å². The lowest BCUT2D eigenvalue weighted by molar-refractivity contribution is -0.278. The van der Waals surface area contributed by atoms with Gasteiger partial charge in [0.05, 0.1) is 5.56 Å². The number of phenolic OH excluding ortho intramolecular Hbond substituents is 3. The molecule has 0 aliphatic carbocycles. The number of rotatable bonds is 7. The molecular formula is C32H31O11+. The lowest BCUT2D eigenvalue weighted by Crippen LogP contribution is -2.60. The average molecular weight is 592 g/mol. The van der Waals surface area contributed by atoms with Crippen LogP contribution in [0, 0.1) is 13.8 Å². The highest BCUT2D eigenvalue weighted by atomic mass is 16.7. The Hall–Kier alpha value is -4.68. The minimum atomic E-state index is -1.72. The second-order valence-corrected chi connectivity index (χ2v) is 10.3. The molecule has 224 valence electrons. The molecule has 4 aromatic rings. The van der Waals surface area contributed by atoms with Crippen LogP contribution in [-0.4, -0.2) is 73.9 Å². The van der Waals surface area contributed by atoms with E-state index >= 15 is 0 Å². The number of carbonyl (C=O) groups excluding carboxylic acids is 1. The predicted molar refractivity (Wildman–Crippen MR) is 154 cm³/mol. The van der Waals surface area contributed by atoms with E-state index in [0.717, 1.165) is 11.6 Å². The molecule has 0 bridgehead atoms. The standard InChI is InChI=1S/C32H30O11/c1-16-11-23(35)21-14-25(31(41-24(21)12-16)19-6-9-22(34)17(2)13-19)42-32-30(39)29(38)28(37)26(43-32)15-40-27(36)10-5-18-3-7-20(33)8-4-18/h3-14,26,28-30,32,37-39H,15H2,1-2H3,(H2-,33,34,35,36)/p+1. The summed E-state index contributed by atoms with van der Waals surface area (Å²) in [6, 6.07) is 15.6. The van der Waals surface area contributed by atoms with Crippen molar-refractivity contribution in [1.82, 2.24) is 0 Å². The van der Waals surface area contributed by atoms with Gasteiger partial charge in [-0.2, -0.15) is 0 Å². The monoisotopic (exact) mass is 591 g/mol. The Morgan fingerprint density at radius 1 is 0.907 bits per heavy atom. The fourth-order valence-electron chi connectivity index (χ4n) is 4.66. The summed E-state index contributed by atoms with van der Waals surface area (Å²) in [5, 5.41) is 62.1. The van der Waals surface area contributed by atoms with E-state index in [1.807, 2.05) is 0 Å². The smallest absolute Gasteiger partial charge is 0.402 e. The first kappa shape index (κ1) is 29.8. The number of hydrogen-bond acceptors (Lipinski definition) is 10. The third-order valence-corrected chi connectivity index (χ3v) is 7.04. The van der Waals surface area contributed by atoms with Crippen molar-refractivity contribution >= 4 is 23.0 Å². The highest BCUT2D eigenvalue weighted by Crippen LogP contribution is 2.40. The second kappa shape index (κ2) is 12.3. The highest BCUT2D eigenvalue weighted by Gasteiger charge is 2.46. The second-order valence-electron chi connectivity index (χ2n) is 10.3. The lowest BCUT2D eigenvalue weighted by atomic mass is 9.99. The van der Waals surface area contributed by atoms with Gasteiger partial charge in [-0.3, -0.25) is 0 Å². The molecule has 11 heteroatoms. The number of benzene rings is 3. The number of phenols is 3. The molecule has 43 heavy (non-hydrogen) atoms. The van der Waals surface area contributed by atoms with Crippen molar-refractivity contribution in [3.8, 4) is 34.3 Å². The number of fused-ring (bicyclic) bond motifs is 1. The molecule has 5 atom stereocenters. The Morgan fingerprint density at radius 3 is 2.37 bits per heavy atom. The van der Waals surface area contributed by atoms with Crippen LogP contribution in [0.5, 0.6) is 23.0 Å². The summed E-state index contributed by atoms with van der Waals surface area (Å²) in [4.78, 5) is 12.3. The van der Waals surface area contributed by atoms with Crippen molar-refractivity contribution in [2.45, 2.75) is 44.6 Å². The molecule has 6 N–H and O–H groups in total. The molecule has 1 saturated heterocycles. The SMILES string of the molecule is Cc1cc(O)c2cc(OC3OC(COC(=O)/C=C/c4ccc(O)cc4)C(O)C(O)C3O)c(-c3ccc(O)c(C)c3)[o+]c2c1. The molecule has 1 aliphatic rings. The predicted octanol–water partition coefficient (Wildman–Crippen LogP) is 3.56. The number of aliphatic hydroxyl groups is 3. The maximum atomic E-state index is 12.3. The molecule has 1 aromatic heterocycles. The van der Waals surface area contributed by atoms with E-state index in [1.54, 1.807) is 50.2 Å². The van der Waals surface area contributed by atoms with E-state index in [-0.39, 0.29) is 28.8 Å². The molecule has 0 spiro atoms. The third kappa shape index (κ3) is 6.55. The Kier molecular flexibility index (Phi) is 8.51. The molecule has 11 nitrogen and oxygen atoms in total. The van der Waals surface area contributed by atoms with E-state index in [1.165, 1.54) is 30.3 Å². The normalized spacial score (nSPS) is 22.1. The van der Waals surface area contributed by atoms with Crippen LogP contribution < -0.4 is 4.74 Å². The van der Waals surface area contributed by atoms with Gasteiger partial charge in [0.25, 0.3) is 0 Å². The van der Waals surface area contributed by atoms with E-state index < -0.39 is 43.3 Å². The van der Waals surface area contributed by atoms with Crippen LogP contribution in [0.1, 0.15) is 16.7 Å². The summed E-state index contributed by atoms with van der Waals surface area (Å²) >= 11 is 0. The fourth-order valence-corrected chi connectivity index (χ4v) is 4.66. The van der Waals surface area contributed by atoms with E-state index in [4.69, 9.17) is 18.6 Å². The first-order valence-electron chi connectivity index (χ1n) is 13.4. The highest BCUT2D eigenvalue weighted by molar-refractivity contribution is 5.88. The van der Waals surface area contributed by atoms with Crippen LogP contribution in [0.4, 0.5) is 0 Å². The summed E-state index contributed by atoms with van der Waals surface area (Å²) in [5.41, 5.74) is 2.78. The van der Waals surface area contributed by atoms with Crippen molar-refractivity contribution in [2.24, 2.45) is 0 Å². The lowest BCUT2D eigenvalue weighted by Gasteiger charge is -2.39. The van der Waals surface area contributed by atoms with Gasteiger partial charge in [-0.1, -0.05) is 12.1 Å². The Labute approximate surface area is 246 Å². The number of carbonyl (C=O) groups is 1. The van der Waals surface area contributed by atoms with Gasteiger partial charge in [-0.05, 0) is 73.0 Å².